The molecule has 1 aliphatic carbocycles. The van der Waals surface area contributed by atoms with Gasteiger partial charge in [0.1, 0.15) is 0 Å². The number of hydrogen-bond acceptors (Lipinski definition) is 3. The van der Waals surface area contributed by atoms with E-state index < -0.39 is 0 Å². The third-order valence-electron chi connectivity index (χ3n) is 4.50. The van der Waals surface area contributed by atoms with Crippen molar-refractivity contribution in [1.82, 2.24) is 10.2 Å². The zero-order valence-corrected chi connectivity index (χ0v) is 12.9. The van der Waals surface area contributed by atoms with Crippen LogP contribution >= 0.6 is 11.8 Å². The number of urea groups is 1. The van der Waals surface area contributed by atoms with Gasteiger partial charge in [-0.25, -0.2) is 4.79 Å². The zero-order chi connectivity index (χ0) is 13.7. The van der Waals surface area contributed by atoms with Gasteiger partial charge in [0, 0.05) is 38.1 Å². The second kappa shape index (κ2) is 6.84. The number of rotatable bonds is 5. The van der Waals surface area contributed by atoms with Crippen molar-refractivity contribution in [3.8, 4) is 0 Å². The Morgan fingerprint density at radius 1 is 1.42 bits per heavy atom. The first-order chi connectivity index (χ1) is 9.15. The molecule has 2 rings (SSSR count). The summed E-state index contributed by atoms with van der Waals surface area (Å²) in [6.07, 6.45) is 8.08. The minimum Gasteiger partial charge on any atom is -0.381 e. The van der Waals surface area contributed by atoms with Crippen LogP contribution in [0.25, 0.3) is 0 Å². The fraction of sp³-hybridized carbons (Fsp3) is 0.929. The number of carbonyl (C=O) groups excluding carboxylic acids is 1. The van der Waals surface area contributed by atoms with Gasteiger partial charge in [0.2, 0.25) is 0 Å². The average Bonchev–Trinajstić information content (AvgIpc) is 2.41. The topological polar surface area (TPSA) is 41.6 Å². The Morgan fingerprint density at radius 3 is 2.63 bits per heavy atom. The monoisotopic (exact) mass is 286 g/mol. The molecule has 19 heavy (non-hydrogen) atoms. The van der Waals surface area contributed by atoms with Crippen LogP contribution in [-0.4, -0.2) is 55.3 Å². The third-order valence-corrected chi connectivity index (χ3v) is 5.92. The molecule has 110 valence electrons. The Bertz CT molecular complexity index is 302. The fourth-order valence-electron chi connectivity index (χ4n) is 2.71. The van der Waals surface area contributed by atoms with Crippen molar-refractivity contribution in [3.05, 3.63) is 0 Å². The van der Waals surface area contributed by atoms with Gasteiger partial charge in [-0.1, -0.05) is 6.42 Å². The van der Waals surface area contributed by atoms with E-state index in [4.69, 9.17) is 4.74 Å². The lowest BCUT2D eigenvalue weighted by Gasteiger charge is -2.36. The van der Waals surface area contributed by atoms with Crippen LogP contribution in [0.15, 0.2) is 0 Å². The predicted molar refractivity (Wildman–Crippen MR) is 79.7 cm³/mol. The van der Waals surface area contributed by atoms with Gasteiger partial charge in [0.25, 0.3) is 0 Å². The van der Waals surface area contributed by atoms with Crippen LogP contribution < -0.4 is 5.32 Å². The van der Waals surface area contributed by atoms with Crippen LogP contribution in [0, 0.1) is 5.92 Å². The lowest BCUT2D eigenvalue weighted by atomic mass is 9.85. The zero-order valence-electron chi connectivity index (χ0n) is 12.1. The van der Waals surface area contributed by atoms with Crippen molar-refractivity contribution >= 4 is 17.8 Å². The van der Waals surface area contributed by atoms with E-state index in [0.29, 0.717) is 0 Å². The summed E-state index contributed by atoms with van der Waals surface area (Å²) in [6, 6.07) is 0.0758. The molecule has 1 saturated carbocycles. The Balaban J connectivity index is 1.74. The predicted octanol–water partition coefficient (Wildman–Crippen LogP) is 2.34. The minimum absolute atomic E-state index is 0.0758. The second-order valence-electron chi connectivity index (χ2n) is 5.84. The van der Waals surface area contributed by atoms with E-state index in [2.05, 4.69) is 11.6 Å². The van der Waals surface area contributed by atoms with Crippen LogP contribution in [0.3, 0.4) is 0 Å². The third kappa shape index (κ3) is 4.02. The Kier molecular flexibility index (Phi) is 5.39. The highest BCUT2D eigenvalue weighted by molar-refractivity contribution is 8.00. The Hall–Kier alpha value is -0.420. The fourth-order valence-corrected chi connectivity index (χ4v) is 3.51. The molecule has 0 unspecified atom stereocenters. The van der Waals surface area contributed by atoms with Crippen LogP contribution in [0.2, 0.25) is 0 Å². The number of ether oxygens (including phenoxy) is 1. The van der Waals surface area contributed by atoms with Crippen LogP contribution in [0.1, 0.15) is 32.1 Å². The molecule has 0 radical (unpaired) electrons. The largest absolute Gasteiger partial charge is 0.381 e. The van der Waals surface area contributed by atoms with Gasteiger partial charge < -0.3 is 15.0 Å². The first-order valence-electron chi connectivity index (χ1n) is 7.27. The molecule has 1 N–H and O–H groups in total. The van der Waals surface area contributed by atoms with Gasteiger partial charge in [-0.15, -0.1) is 0 Å². The summed E-state index contributed by atoms with van der Waals surface area (Å²) in [6.45, 7) is 3.29. The quantitative estimate of drug-likeness (QED) is 0.843. The molecule has 0 aromatic heterocycles. The van der Waals surface area contributed by atoms with Gasteiger partial charge >= 0.3 is 6.03 Å². The number of amides is 2. The first-order valence-corrected chi connectivity index (χ1v) is 8.49. The molecule has 2 amide bonds. The smallest absolute Gasteiger partial charge is 0.317 e. The number of nitrogens with zero attached hydrogens (tertiary/aromatic N) is 1. The molecule has 0 aromatic carbocycles. The van der Waals surface area contributed by atoms with Gasteiger partial charge in [-0.3, -0.25) is 0 Å². The van der Waals surface area contributed by atoms with Crippen LogP contribution in [0.4, 0.5) is 4.79 Å². The van der Waals surface area contributed by atoms with E-state index in [9.17, 15) is 4.79 Å². The molecular weight excluding hydrogens is 260 g/mol. The maximum atomic E-state index is 12.1. The highest BCUT2D eigenvalue weighted by Gasteiger charge is 2.32. The van der Waals surface area contributed by atoms with Crippen molar-refractivity contribution in [2.45, 2.75) is 36.9 Å². The van der Waals surface area contributed by atoms with E-state index >= 15 is 0 Å². The molecule has 1 aliphatic heterocycles. The number of carbonyl (C=O) groups is 1. The van der Waals surface area contributed by atoms with E-state index in [0.717, 1.165) is 45.1 Å². The number of thioether (sulfide) groups is 1. The molecule has 2 fully saturated rings. The van der Waals surface area contributed by atoms with Crippen molar-refractivity contribution in [3.63, 3.8) is 0 Å². The number of nitrogens with one attached hydrogen (secondary N) is 1. The molecule has 1 heterocycles. The summed E-state index contributed by atoms with van der Waals surface area (Å²) in [5.41, 5.74) is 0. The molecular formula is C14H26N2O2S. The molecule has 2 aliphatic rings. The molecule has 4 nitrogen and oxygen atoms in total. The second-order valence-corrected chi connectivity index (χ2v) is 7.11. The summed E-state index contributed by atoms with van der Waals surface area (Å²) in [5.74, 6) is 0.730. The summed E-state index contributed by atoms with van der Waals surface area (Å²) in [5, 5.41) is 3.11. The lowest BCUT2D eigenvalue weighted by Crippen LogP contribution is -2.48. The van der Waals surface area contributed by atoms with Gasteiger partial charge in [0.15, 0.2) is 0 Å². The normalized spacial score (nSPS) is 22.6. The molecule has 0 aromatic rings. The molecule has 5 heteroatoms. The van der Waals surface area contributed by atoms with Gasteiger partial charge in [-0.05, 0) is 37.9 Å². The first kappa shape index (κ1) is 15.0. The van der Waals surface area contributed by atoms with Crippen molar-refractivity contribution < 1.29 is 9.53 Å². The lowest BCUT2D eigenvalue weighted by molar-refractivity contribution is 0.0772. The summed E-state index contributed by atoms with van der Waals surface area (Å²) < 4.78 is 5.59. The van der Waals surface area contributed by atoms with E-state index in [1.165, 1.54) is 19.3 Å². The summed E-state index contributed by atoms with van der Waals surface area (Å²) in [4.78, 5) is 13.9. The van der Waals surface area contributed by atoms with E-state index in [1.807, 2.05) is 23.7 Å². The van der Waals surface area contributed by atoms with Crippen molar-refractivity contribution in [2.24, 2.45) is 5.92 Å². The number of hydrogen-bond donors (Lipinski definition) is 1. The SMILES string of the molecule is CSC1(CNC(=O)N(C)CC2CCC2)CCOCC1. The van der Waals surface area contributed by atoms with Gasteiger partial charge in [-0.2, -0.15) is 11.8 Å². The minimum atomic E-state index is 0.0758. The molecule has 0 spiro atoms. The molecule has 0 atom stereocenters. The van der Waals surface area contributed by atoms with Crippen LogP contribution in [0.5, 0.6) is 0 Å². The highest BCUT2D eigenvalue weighted by Crippen LogP contribution is 2.33. The molecule has 0 bridgehead atoms. The van der Waals surface area contributed by atoms with Crippen LogP contribution in [-0.2, 0) is 4.74 Å². The standard InChI is InChI=1S/C14H26N2O2S/c1-16(10-12-4-3-5-12)13(17)15-11-14(19-2)6-8-18-9-7-14/h12H,3-11H2,1-2H3,(H,15,17). The highest BCUT2D eigenvalue weighted by atomic mass is 32.2. The molecule has 1 saturated heterocycles. The van der Waals surface area contributed by atoms with Crippen molar-refractivity contribution in [2.75, 3.05) is 39.6 Å². The summed E-state index contributed by atoms with van der Waals surface area (Å²) in [7, 11) is 1.91. The maximum Gasteiger partial charge on any atom is 0.317 e. The summed E-state index contributed by atoms with van der Waals surface area (Å²) >= 11 is 1.86. The maximum absolute atomic E-state index is 12.1. The average molecular weight is 286 g/mol. The Labute approximate surface area is 120 Å². The van der Waals surface area contributed by atoms with Gasteiger partial charge in [0.05, 0.1) is 0 Å². The van der Waals surface area contributed by atoms with E-state index in [1.54, 1.807) is 0 Å². The van der Waals surface area contributed by atoms with Crippen molar-refractivity contribution in [1.29, 1.82) is 0 Å². The van der Waals surface area contributed by atoms with E-state index in [-0.39, 0.29) is 10.8 Å². The Morgan fingerprint density at radius 2 is 2.11 bits per heavy atom.